The summed E-state index contributed by atoms with van der Waals surface area (Å²) in [5.41, 5.74) is 5.41. The maximum atomic E-state index is 5.10. The molecule has 0 spiro atoms. The van der Waals surface area contributed by atoms with Crippen LogP contribution in [-0.4, -0.2) is 17.4 Å². The molecule has 4 heteroatoms. The van der Waals surface area contributed by atoms with Crippen LogP contribution in [0.1, 0.15) is 5.56 Å². The number of thiocarbonyl (C=S) groups is 1. The Morgan fingerprint density at radius 3 is 2.35 bits per heavy atom. The van der Waals surface area contributed by atoms with Crippen molar-refractivity contribution in [1.82, 2.24) is 5.43 Å². The first-order chi connectivity index (χ1) is 9.88. The molecule has 3 nitrogen and oxygen atoms in total. The summed E-state index contributed by atoms with van der Waals surface area (Å²) in [4.78, 5) is 2.14. The molecular formula is C16H15N3S. The third-order valence-electron chi connectivity index (χ3n) is 3.25. The molecule has 3 rings (SSSR count). The summed E-state index contributed by atoms with van der Waals surface area (Å²) in [6.07, 6.45) is 0.716. The Morgan fingerprint density at radius 2 is 1.70 bits per heavy atom. The molecule has 0 amide bonds. The van der Waals surface area contributed by atoms with Crippen molar-refractivity contribution in [3.05, 3.63) is 66.2 Å². The molecule has 1 atom stereocenters. The minimum absolute atomic E-state index is 0.0638. The van der Waals surface area contributed by atoms with Gasteiger partial charge in [0, 0.05) is 17.5 Å². The summed E-state index contributed by atoms with van der Waals surface area (Å²) in [5, 5.41) is 6.14. The molecule has 1 N–H and O–H groups in total. The zero-order chi connectivity index (χ0) is 13.8. The molecule has 1 unspecified atom stereocenters. The zero-order valence-electron chi connectivity index (χ0n) is 10.9. The topological polar surface area (TPSA) is 27.6 Å². The molecule has 2 aromatic rings. The lowest BCUT2D eigenvalue weighted by molar-refractivity contribution is 0.734. The maximum absolute atomic E-state index is 5.10. The number of nitrogens with one attached hydrogen (secondary N) is 1. The molecule has 20 heavy (non-hydrogen) atoms. The van der Waals surface area contributed by atoms with Gasteiger partial charge >= 0.3 is 0 Å². The fraction of sp³-hybridized carbons (Fsp3) is 0.125. The second-order valence-electron chi connectivity index (χ2n) is 4.61. The Hall–Kier alpha value is -2.20. The van der Waals surface area contributed by atoms with Gasteiger partial charge in [0.2, 0.25) is 0 Å². The van der Waals surface area contributed by atoms with Crippen molar-refractivity contribution < 1.29 is 0 Å². The monoisotopic (exact) mass is 281 g/mol. The summed E-state index contributed by atoms with van der Waals surface area (Å²) in [6.45, 7) is 0. The van der Waals surface area contributed by atoms with E-state index in [9.17, 15) is 0 Å². The van der Waals surface area contributed by atoms with Crippen molar-refractivity contribution in [2.45, 2.75) is 12.6 Å². The molecule has 0 saturated carbocycles. The number of hydrogen-bond donors (Lipinski definition) is 1. The molecule has 0 bridgehead atoms. The van der Waals surface area contributed by atoms with E-state index in [1.165, 1.54) is 5.56 Å². The number of benzene rings is 2. The van der Waals surface area contributed by atoms with Crippen LogP contribution in [0.25, 0.3) is 0 Å². The van der Waals surface area contributed by atoms with Crippen LogP contribution in [0.15, 0.2) is 65.8 Å². The lowest BCUT2D eigenvalue weighted by Crippen LogP contribution is -2.41. The van der Waals surface area contributed by atoms with Gasteiger partial charge in [-0.05, 0) is 17.7 Å². The summed E-state index contributed by atoms with van der Waals surface area (Å²) >= 11 is 5.10. The molecule has 100 valence electrons. The summed E-state index contributed by atoms with van der Waals surface area (Å²) < 4.78 is 0. The van der Waals surface area contributed by atoms with Crippen molar-refractivity contribution in [3.63, 3.8) is 0 Å². The highest BCUT2D eigenvalue weighted by molar-refractivity contribution is 7.79. The fourth-order valence-electron chi connectivity index (χ4n) is 2.31. The van der Waals surface area contributed by atoms with Gasteiger partial charge in [-0.1, -0.05) is 60.7 Å². The number of amidine groups is 1. The number of nitrogens with zero attached hydrogens (tertiary/aromatic N) is 2. The number of anilines is 1. The minimum Gasteiger partial charge on any atom is -0.301 e. The van der Waals surface area contributed by atoms with E-state index < -0.39 is 0 Å². The first kappa shape index (κ1) is 12.8. The number of para-hydroxylation sites is 1. The van der Waals surface area contributed by atoms with Crippen molar-refractivity contribution >= 4 is 29.1 Å². The molecule has 1 aliphatic heterocycles. The fourth-order valence-corrected chi connectivity index (χ4v) is 2.49. The van der Waals surface area contributed by atoms with E-state index in [1.807, 2.05) is 36.4 Å². The third kappa shape index (κ3) is 2.56. The van der Waals surface area contributed by atoms with E-state index in [2.05, 4.69) is 39.7 Å². The largest absolute Gasteiger partial charge is 0.301 e. The van der Waals surface area contributed by atoms with Crippen LogP contribution < -0.4 is 10.3 Å². The van der Waals surface area contributed by atoms with E-state index in [4.69, 9.17) is 12.2 Å². The average Bonchev–Trinajstić information content (AvgIpc) is 2.92. The van der Waals surface area contributed by atoms with Gasteiger partial charge in [0.05, 0.1) is 0 Å². The molecule has 1 heterocycles. The van der Waals surface area contributed by atoms with Crippen LogP contribution in [0.5, 0.6) is 0 Å². The van der Waals surface area contributed by atoms with Gasteiger partial charge in [-0.3, -0.25) is 5.43 Å². The highest BCUT2D eigenvalue weighted by Gasteiger charge is 2.26. The quantitative estimate of drug-likeness (QED) is 0.873. The van der Waals surface area contributed by atoms with Crippen LogP contribution in [0.4, 0.5) is 5.69 Å². The van der Waals surface area contributed by atoms with Gasteiger partial charge in [-0.25, -0.2) is 0 Å². The molecule has 1 aliphatic rings. The minimum atomic E-state index is -0.0638. The Balaban J connectivity index is 1.88. The van der Waals surface area contributed by atoms with Crippen LogP contribution >= 0.6 is 12.2 Å². The summed E-state index contributed by atoms with van der Waals surface area (Å²) in [7, 11) is 0. The Labute approximate surface area is 123 Å². The number of rotatable bonds is 4. The first-order valence-corrected chi connectivity index (χ1v) is 7.01. The number of hydrazone groups is 1. The van der Waals surface area contributed by atoms with Gasteiger partial charge in [0.1, 0.15) is 12.0 Å². The van der Waals surface area contributed by atoms with Gasteiger partial charge in [-0.2, -0.15) is 5.10 Å². The van der Waals surface area contributed by atoms with Crippen LogP contribution in [0.2, 0.25) is 0 Å². The van der Waals surface area contributed by atoms with Crippen molar-refractivity contribution in [1.29, 1.82) is 0 Å². The lowest BCUT2D eigenvalue weighted by Gasteiger charge is -2.24. The molecule has 0 aliphatic carbocycles. The maximum Gasteiger partial charge on any atom is 0.150 e. The van der Waals surface area contributed by atoms with Crippen molar-refractivity contribution in [3.8, 4) is 0 Å². The molecule has 0 saturated heterocycles. The number of hydrogen-bond acceptors (Lipinski definition) is 4. The first-order valence-electron chi connectivity index (χ1n) is 6.54. The van der Waals surface area contributed by atoms with Gasteiger partial charge < -0.3 is 4.90 Å². The van der Waals surface area contributed by atoms with Crippen LogP contribution in [-0.2, 0) is 6.42 Å². The van der Waals surface area contributed by atoms with Crippen molar-refractivity contribution in [2.24, 2.45) is 5.10 Å². The second kappa shape index (κ2) is 5.84. The molecule has 0 fully saturated rings. The van der Waals surface area contributed by atoms with E-state index >= 15 is 0 Å². The highest BCUT2D eigenvalue weighted by atomic mass is 32.1. The predicted molar refractivity (Wildman–Crippen MR) is 87.1 cm³/mol. The Morgan fingerprint density at radius 1 is 1.05 bits per heavy atom. The molecule has 2 aromatic carbocycles. The predicted octanol–water partition coefficient (Wildman–Crippen LogP) is 2.98. The standard InChI is InChI=1S/C16H15N3S/c20-12-16-18-17-15(11-13-7-3-1-4-8-13)19(16)14-9-5-2-6-10-14/h1-10,12,16,18H,11H2. The zero-order valence-corrected chi connectivity index (χ0v) is 11.8. The smallest absolute Gasteiger partial charge is 0.150 e. The normalized spacial score (nSPS) is 17.5. The van der Waals surface area contributed by atoms with Gasteiger partial charge in [0.25, 0.3) is 0 Å². The SMILES string of the molecule is S=CC1NN=C(Cc2ccccc2)N1c1ccccc1. The Bertz CT molecular complexity index is 610. The summed E-state index contributed by atoms with van der Waals surface area (Å²) in [6, 6.07) is 20.5. The Kier molecular flexibility index (Phi) is 3.74. The van der Waals surface area contributed by atoms with E-state index in [0.29, 0.717) is 0 Å². The van der Waals surface area contributed by atoms with Crippen molar-refractivity contribution in [2.75, 3.05) is 4.90 Å². The molecular weight excluding hydrogens is 266 g/mol. The average molecular weight is 281 g/mol. The van der Waals surface area contributed by atoms with Gasteiger partial charge in [0.15, 0.2) is 0 Å². The molecule has 0 aromatic heterocycles. The lowest BCUT2D eigenvalue weighted by atomic mass is 10.1. The van der Waals surface area contributed by atoms with E-state index in [0.717, 1.165) is 17.9 Å². The van der Waals surface area contributed by atoms with E-state index in [-0.39, 0.29) is 6.17 Å². The van der Waals surface area contributed by atoms with Crippen LogP contribution in [0, 0.1) is 0 Å². The highest BCUT2D eigenvalue weighted by Crippen LogP contribution is 2.20. The van der Waals surface area contributed by atoms with E-state index in [1.54, 1.807) is 5.37 Å². The van der Waals surface area contributed by atoms with Gasteiger partial charge in [-0.15, -0.1) is 0 Å². The summed E-state index contributed by atoms with van der Waals surface area (Å²) in [5.74, 6) is 0.980. The second-order valence-corrected chi connectivity index (χ2v) is 4.88. The third-order valence-corrected chi connectivity index (χ3v) is 3.51. The molecule has 0 radical (unpaired) electrons. The van der Waals surface area contributed by atoms with Crippen LogP contribution in [0.3, 0.4) is 0 Å².